The summed E-state index contributed by atoms with van der Waals surface area (Å²) in [6.45, 7) is 8.00. The summed E-state index contributed by atoms with van der Waals surface area (Å²) in [5.74, 6) is -0.984. The van der Waals surface area contributed by atoms with E-state index >= 15 is 0 Å². The van der Waals surface area contributed by atoms with Crippen molar-refractivity contribution in [2.45, 2.75) is 12.8 Å². The Kier molecular flexibility index (Phi) is 3.90. The van der Waals surface area contributed by atoms with E-state index in [-0.39, 0.29) is 17.7 Å². The molecule has 0 spiro atoms. The molecule has 0 aliphatic carbocycles. The zero-order chi connectivity index (χ0) is 13.8. The van der Waals surface area contributed by atoms with Crippen molar-refractivity contribution < 1.29 is 13.9 Å². The first-order valence-corrected chi connectivity index (χ1v) is 5.88. The lowest BCUT2D eigenvalue weighted by atomic mass is 9.97. The highest BCUT2D eigenvalue weighted by atomic mass is 19.1. The number of ether oxygens (including phenoxy) is 1. The van der Waals surface area contributed by atoms with E-state index in [1.54, 1.807) is 0 Å². The fourth-order valence-electron chi connectivity index (χ4n) is 2.06. The van der Waals surface area contributed by atoms with Gasteiger partial charge < -0.3 is 14.5 Å². The van der Waals surface area contributed by atoms with Crippen LogP contribution in [-0.2, 0) is 9.53 Å². The first kappa shape index (κ1) is 13.2. The van der Waals surface area contributed by atoms with Gasteiger partial charge in [0.2, 0.25) is 0 Å². The summed E-state index contributed by atoms with van der Waals surface area (Å²) in [5.41, 5.74) is 0. The number of aromatic nitrogens is 2. The molecule has 1 aromatic rings. The normalized spacial score (nSPS) is 15.9. The smallest absolute Gasteiger partial charge is 0.322 e. The van der Waals surface area contributed by atoms with Crippen molar-refractivity contribution in [3.8, 4) is 0 Å². The molecule has 19 heavy (non-hydrogen) atoms. The zero-order valence-electron chi connectivity index (χ0n) is 10.5. The summed E-state index contributed by atoms with van der Waals surface area (Å²) in [6, 6.07) is 0. The molecule has 0 saturated carbocycles. The molecule has 0 radical (unpaired) electrons. The second-order valence-electron chi connectivity index (χ2n) is 4.24. The molecule has 100 valence electrons. The molecule has 1 aliphatic heterocycles. The average molecular weight is 264 g/mol. The van der Waals surface area contributed by atoms with Gasteiger partial charge in [0.1, 0.15) is 0 Å². The first-order valence-electron chi connectivity index (χ1n) is 5.88. The summed E-state index contributed by atoms with van der Waals surface area (Å²) in [7, 11) is 1.37. The number of hydrogen-bond acceptors (Lipinski definition) is 5. The molecule has 1 aliphatic rings. The molecule has 0 unspecified atom stereocenters. The molecule has 0 aromatic carbocycles. The quantitative estimate of drug-likeness (QED) is 0.599. The van der Waals surface area contributed by atoms with Crippen LogP contribution in [0.3, 0.4) is 0 Å². The maximum atomic E-state index is 13.1. The van der Waals surface area contributed by atoms with Crippen molar-refractivity contribution in [3.63, 3.8) is 0 Å². The van der Waals surface area contributed by atoms with Crippen LogP contribution in [0.25, 0.3) is 4.85 Å². The highest BCUT2D eigenvalue weighted by Crippen LogP contribution is 2.23. The Hall–Kier alpha value is -2.23. The van der Waals surface area contributed by atoms with Crippen LogP contribution in [0.5, 0.6) is 0 Å². The summed E-state index contributed by atoms with van der Waals surface area (Å²) in [4.78, 5) is 24.0. The number of esters is 1. The van der Waals surface area contributed by atoms with Gasteiger partial charge in [-0.2, -0.15) is 4.98 Å². The molecule has 7 heteroatoms. The number of hydrogen-bond donors (Lipinski definition) is 0. The van der Waals surface area contributed by atoms with E-state index in [0.29, 0.717) is 31.9 Å². The van der Waals surface area contributed by atoms with Crippen LogP contribution in [0, 0.1) is 18.3 Å². The fraction of sp³-hybridized carbons (Fsp3) is 0.500. The van der Waals surface area contributed by atoms with Gasteiger partial charge in [-0.15, -0.1) is 0 Å². The number of rotatable bonds is 2. The molecule has 6 nitrogen and oxygen atoms in total. The van der Waals surface area contributed by atoms with E-state index in [4.69, 9.17) is 11.3 Å². The average Bonchev–Trinajstić information content (AvgIpc) is 2.47. The Bertz CT molecular complexity index is 521. The van der Waals surface area contributed by atoms with Crippen LogP contribution in [0.2, 0.25) is 0 Å². The Labute approximate surface area is 110 Å². The van der Waals surface area contributed by atoms with E-state index < -0.39 is 5.82 Å². The van der Waals surface area contributed by atoms with Crippen molar-refractivity contribution in [1.29, 1.82) is 0 Å². The summed E-state index contributed by atoms with van der Waals surface area (Å²) in [6.07, 6.45) is 2.28. The van der Waals surface area contributed by atoms with Gasteiger partial charge in [-0.05, 0) is 12.8 Å². The predicted octanol–water partition coefficient (Wildman–Crippen LogP) is 1.56. The molecule has 1 saturated heterocycles. The number of piperidine rings is 1. The van der Waals surface area contributed by atoms with E-state index in [9.17, 15) is 9.18 Å². The van der Waals surface area contributed by atoms with Gasteiger partial charge in [-0.25, -0.2) is 4.39 Å². The zero-order valence-corrected chi connectivity index (χ0v) is 10.5. The Balaban J connectivity index is 2.06. The first-order chi connectivity index (χ1) is 9.15. The maximum Gasteiger partial charge on any atom is 0.322 e. The van der Waals surface area contributed by atoms with Gasteiger partial charge in [-0.1, -0.05) is 11.6 Å². The predicted molar refractivity (Wildman–Crippen MR) is 65.2 cm³/mol. The topological polar surface area (TPSA) is 59.7 Å². The van der Waals surface area contributed by atoms with Gasteiger partial charge in [0, 0.05) is 13.1 Å². The Morgan fingerprint density at radius 2 is 2.26 bits per heavy atom. The number of nitrogens with zero attached hydrogens (tertiary/aromatic N) is 4. The van der Waals surface area contributed by atoms with Gasteiger partial charge in [0.15, 0.2) is 5.82 Å². The van der Waals surface area contributed by atoms with Crippen molar-refractivity contribution in [1.82, 2.24) is 9.97 Å². The standard InChI is InChI=1S/C12H13FN4O2/c1-14-10-9(13)7-15-12(16-10)17-5-3-8(4-6-17)11(18)19-2/h7-8H,3-6H2,2H3. The molecule has 0 atom stereocenters. The molecule has 1 fully saturated rings. The minimum absolute atomic E-state index is 0.109. The van der Waals surface area contributed by atoms with Crippen molar-refractivity contribution >= 4 is 17.7 Å². The number of anilines is 1. The van der Waals surface area contributed by atoms with E-state index in [2.05, 4.69) is 14.8 Å². The highest BCUT2D eigenvalue weighted by Gasteiger charge is 2.28. The highest BCUT2D eigenvalue weighted by molar-refractivity contribution is 5.72. The maximum absolute atomic E-state index is 13.1. The summed E-state index contributed by atoms with van der Waals surface area (Å²) >= 11 is 0. The Morgan fingerprint density at radius 1 is 1.58 bits per heavy atom. The minimum Gasteiger partial charge on any atom is -0.469 e. The number of halogens is 1. The molecule has 0 bridgehead atoms. The van der Waals surface area contributed by atoms with Crippen molar-refractivity contribution in [2.75, 3.05) is 25.1 Å². The summed E-state index contributed by atoms with van der Waals surface area (Å²) in [5, 5.41) is 0. The van der Waals surface area contributed by atoms with Crippen LogP contribution in [-0.4, -0.2) is 36.1 Å². The van der Waals surface area contributed by atoms with Crippen LogP contribution < -0.4 is 4.90 Å². The lowest BCUT2D eigenvalue weighted by Gasteiger charge is -2.29. The van der Waals surface area contributed by atoms with Gasteiger partial charge in [0.25, 0.3) is 0 Å². The molecular formula is C12H13FN4O2. The van der Waals surface area contributed by atoms with Gasteiger partial charge >= 0.3 is 17.7 Å². The lowest BCUT2D eigenvalue weighted by molar-refractivity contribution is -0.146. The fourth-order valence-corrected chi connectivity index (χ4v) is 2.06. The number of carbonyl (C=O) groups is 1. The largest absolute Gasteiger partial charge is 0.469 e. The van der Waals surface area contributed by atoms with Crippen LogP contribution in [0.15, 0.2) is 6.20 Å². The molecular weight excluding hydrogens is 251 g/mol. The molecule has 2 heterocycles. The number of carbonyl (C=O) groups excluding carboxylic acids is 1. The van der Waals surface area contributed by atoms with E-state index in [0.717, 1.165) is 6.20 Å². The van der Waals surface area contributed by atoms with Crippen LogP contribution in [0.1, 0.15) is 12.8 Å². The van der Waals surface area contributed by atoms with Crippen LogP contribution >= 0.6 is 0 Å². The van der Waals surface area contributed by atoms with Crippen LogP contribution in [0.4, 0.5) is 16.2 Å². The monoisotopic (exact) mass is 264 g/mol. The molecule has 2 rings (SSSR count). The number of methoxy groups -OCH3 is 1. The second kappa shape index (κ2) is 5.61. The molecule has 0 N–H and O–H groups in total. The summed E-state index contributed by atoms with van der Waals surface area (Å²) < 4.78 is 17.8. The minimum atomic E-state index is -0.719. The SMILES string of the molecule is [C-]#[N+]c1nc(N2CCC(C(=O)OC)CC2)ncc1F. The second-order valence-corrected chi connectivity index (χ2v) is 4.24. The van der Waals surface area contributed by atoms with E-state index in [1.165, 1.54) is 7.11 Å². The van der Waals surface area contributed by atoms with Crippen molar-refractivity contribution in [3.05, 3.63) is 23.4 Å². The van der Waals surface area contributed by atoms with Gasteiger partial charge in [0.05, 0.1) is 19.2 Å². The van der Waals surface area contributed by atoms with E-state index in [1.807, 2.05) is 4.90 Å². The Morgan fingerprint density at radius 3 is 2.84 bits per heavy atom. The third-order valence-electron chi connectivity index (χ3n) is 3.13. The lowest BCUT2D eigenvalue weighted by Crippen LogP contribution is -2.37. The van der Waals surface area contributed by atoms with Crippen molar-refractivity contribution in [2.24, 2.45) is 5.92 Å². The van der Waals surface area contributed by atoms with Gasteiger partial charge in [-0.3, -0.25) is 4.79 Å². The third-order valence-corrected chi connectivity index (χ3v) is 3.13. The third kappa shape index (κ3) is 2.78. The molecule has 1 aromatic heterocycles. The molecule has 0 amide bonds.